The van der Waals surface area contributed by atoms with Crippen LogP contribution in [-0.2, 0) is 11.8 Å². The molecule has 1 aromatic rings. The fourth-order valence-electron chi connectivity index (χ4n) is 0.516. The predicted octanol–water partition coefficient (Wildman–Crippen LogP) is -0.352. The van der Waals surface area contributed by atoms with Crippen molar-refractivity contribution in [3.05, 3.63) is 16.4 Å². The minimum atomic E-state index is 0.541. The van der Waals surface area contributed by atoms with Crippen molar-refractivity contribution in [3.8, 4) is 0 Å². The van der Waals surface area contributed by atoms with Crippen molar-refractivity contribution in [1.29, 1.82) is 0 Å². The maximum absolute atomic E-state index is 9.80. The van der Waals surface area contributed by atoms with E-state index in [4.69, 9.17) is 0 Å². The van der Waals surface area contributed by atoms with E-state index in [0.29, 0.717) is 6.41 Å². The molecule has 0 bridgehead atoms. The van der Waals surface area contributed by atoms with Gasteiger partial charge in [0.2, 0.25) is 11.2 Å². The summed E-state index contributed by atoms with van der Waals surface area (Å²) in [6.45, 7) is 0. The van der Waals surface area contributed by atoms with E-state index in [2.05, 4.69) is 10.5 Å². The van der Waals surface area contributed by atoms with Crippen LogP contribution in [0.2, 0.25) is 0 Å². The third-order valence-electron chi connectivity index (χ3n) is 0.973. The van der Waals surface area contributed by atoms with Crippen LogP contribution < -0.4 is 10.2 Å². The summed E-state index contributed by atoms with van der Waals surface area (Å²) in [5.74, 6) is 0. The Morgan fingerprint density at radius 3 is 3.20 bits per heavy atom. The Morgan fingerprint density at radius 1 is 1.90 bits per heavy atom. The minimum absolute atomic E-state index is 0.541. The van der Waals surface area contributed by atoms with Crippen LogP contribution in [0.15, 0.2) is 16.7 Å². The van der Waals surface area contributed by atoms with Gasteiger partial charge in [-0.1, -0.05) is 0 Å². The lowest BCUT2D eigenvalue weighted by Gasteiger charge is -1.86. The van der Waals surface area contributed by atoms with Crippen molar-refractivity contribution in [2.24, 2.45) is 12.1 Å². The quantitative estimate of drug-likeness (QED) is 0.463. The second-order valence-electron chi connectivity index (χ2n) is 1.66. The third kappa shape index (κ3) is 1.44. The van der Waals surface area contributed by atoms with Gasteiger partial charge in [0.25, 0.3) is 0 Å². The van der Waals surface area contributed by atoms with E-state index in [1.165, 1.54) is 11.3 Å². The second-order valence-corrected chi connectivity index (χ2v) is 2.53. The number of amides is 1. The average molecular weight is 157 g/mol. The van der Waals surface area contributed by atoms with Crippen LogP contribution >= 0.6 is 11.3 Å². The van der Waals surface area contributed by atoms with Crippen molar-refractivity contribution in [2.75, 3.05) is 0 Å². The number of hydrogen-bond acceptors (Lipinski definition) is 3. The highest BCUT2D eigenvalue weighted by molar-refractivity contribution is 7.07. The maximum atomic E-state index is 9.80. The fraction of sp³-hybridized carbons (Fsp3) is 0.200. The lowest BCUT2D eigenvalue weighted by atomic mass is 10.9. The van der Waals surface area contributed by atoms with Crippen LogP contribution in [0, 0.1) is 0 Å². The molecule has 1 amide bonds. The summed E-state index contributed by atoms with van der Waals surface area (Å²) in [4.78, 5) is 10.6. The number of nitrogens with zero attached hydrogens (tertiary/aromatic N) is 2. The van der Waals surface area contributed by atoms with E-state index >= 15 is 0 Å². The summed E-state index contributed by atoms with van der Waals surface area (Å²) >= 11 is 1.46. The molecule has 0 atom stereocenters. The predicted molar refractivity (Wildman–Crippen MR) is 38.1 cm³/mol. The van der Waals surface area contributed by atoms with Gasteiger partial charge in [0.15, 0.2) is 0 Å². The highest BCUT2D eigenvalue weighted by Gasteiger charge is 1.84. The summed E-state index contributed by atoms with van der Waals surface area (Å²) in [6.07, 6.45) is 2.41. The van der Waals surface area contributed by atoms with Crippen LogP contribution in [0.4, 0.5) is 0 Å². The summed E-state index contributed by atoms with van der Waals surface area (Å²) in [6, 6.07) is 0. The average Bonchev–Trinajstić information content (AvgIpc) is 2.31. The summed E-state index contributed by atoms with van der Waals surface area (Å²) in [5, 5.41) is 5.64. The molecule has 10 heavy (non-hydrogen) atoms. The summed E-state index contributed by atoms with van der Waals surface area (Å²) < 4.78 is 1.82. The standard InChI is InChI=1S/C5H7N3OS/c1-8-2-3-10-5(8)7-6-4-9/h2-4H,1H3,(H,6,9). The molecular formula is C5H7N3OS. The van der Waals surface area contributed by atoms with Crippen LogP contribution in [0.25, 0.3) is 0 Å². The number of aryl methyl sites for hydroxylation is 1. The van der Waals surface area contributed by atoms with Crippen LogP contribution in [0.1, 0.15) is 0 Å². The van der Waals surface area contributed by atoms with Gasteiger partial charge in [0.1, 0.15) is 0 Å². The first-order chi connectivity index (χ1) is 4.84. The summed E-state index contributed by atoms with van der Waals surface area (Å²) in [5.41, 5.74) is 2.23. The van der Waals surface area contributed by atoms with Gasteiger partial charge in [-0.2, -0.15) is 0 Å². The molecule has 0 saturated heterocycles. The third-order valence-corrected chi connectivity index (χ3v) is 1.82. The number of aromatic nitrogens is 1. The van der Waals surface area contributed by atoms with E-state index in [1.54, 1.807) is 0 Å². The van der Waals surface area contributed by atoms with Gasteiger partial charge < -0.3 is 4.57 Å². The second kappa shape index (κ2) is 3.17. The molecule has 0 aliphatic rings. The molecule has 0 radical (unpaired) electrons. The van der Waals surface area contributed by atoms with Crippen molar-refractivity contribution in [3.63, 3.8) is 0 Å². The van der Waals surface area contributed by atoms with Crippen LogP contribution in [0.5, 0.6) is 0 Å². The van der Waals surface area contributed by atoms with Gasteiger partial charge in [-0.05, 0) is 0 Å². The zero-order chi connectivity index (χ0) is 7.40. The van der Waals surface area contributed by atoms with Gasteiger partial charge in [-0.15, -0.1) is 16.4 Å². The van der Waals surface area contributed by atoms with Crippen molar-refractivity contribution in [1.82, 2.24) is 9.99 Å². The molecule has 1 N–H and O–H groups in total. The Labute approximate surface area is 61.8 Å². The molecule has 54 valence electrons. The molecule has 0 saturated carbocycles. The Balaban J connectivity index is 2.91. The van der Waals surface area contributed by atoms with Gasteiger partial charge in [-0.3, -0.25) is 4.79 Å². The maximum Gasteiger partial charge on any atom is 0.227 e. The van der Waals surface area contributed by atoms with Crippen molar-refractivity contribution >= 4 is 17.7 Å². The Kier molecular flexibility index (Phi) is 2.22. The van der Waals surface area contributed by atoms with E-state index in [9.17, 15) is 4.79 Å². The highest BCUT2D eigenvalue weighted by Crippen LogP contribution is 1.83. The number of carbonyl (C=O) groups is 1. The lowest BCUT2D eigenvalue weighted by molar-refractivity contribution is -0.109. The topological polar surface area (TPSA) is 46.4 Å². The van der Waals surface area contributed by atoms with E-state index in [-0.39, 0.29) is 0 Å². The van der Waals surface area contributed by atoms with Gasteiger partial charge >= 0.3 is 0 Å². The fourth-order valence-corrected chi connectivity index (χ4v) is 1.21. The molecule has 1 rings (SSSR count). The van der Waals surface area contributed by atoms with Gasteiger partial charge in [0.05, 0.1) is 0 Å². The van der Waals surface area contributed by atoms with Crippen LogP contribution in [0.3, 0.4) is 0 Å². The Bertz CT molecular complexity index is 274. The number of carbonyl (C=O) groups excluding carboxylic acids is 1. The molecule has 0 aliphatic carbocycles. The first kappa shape index (κ1) is 7.01. The van der Waals surface area contributed by atoms with E-state index in [1.807, 2.05) is 23.2 Å². The zero-order valence-electron chi connectivity index (χ0n) is 5.44. The molecule has 4 nitrogen and oxygen atoms in total. The zero-order valence-corrected chi connectivity index (χ0v) is 6.26. The Hall–Kier alpha value is -1.10. The molecule has 5 heteroatoms. The molecule has 0 spiro atoms. The monoisotopic (exact) mass is 157 g/mol. The first-order valence-corrected chi connectivity index (χ1v) is 3.55. The van der Waals surface area contributed by atoms with Crippen molar-refractivity contribution in [2.45, 2.75) is 0 Å². The molecule has 1 aromatic heterocycles. The normalized spacial score (nSPS) is 11.5. The highest BCUT2D eigenvalue weighted by atomic mass is 32.1. The van der Waals surface area contributed by atoms with E-state index < -0.39 is 0 Å². The molecule has 0 aromatic carbocycles. The molecule has 0 aliphatic heterocycles. The van der Waals surface area contributed by atoms with Gasteiger partial charge in [0, 0.05) is 18.6 Å². The smallest absolute Gasteiger partial charge is 0.227 e. The van der Waals surface area contributed by atoms with Crippen LogP contribution in [-0.4, -0.2) is 11.0 Å². The van der Waals surface area contributed by atoms with Crippen molar-refractivity contribution < 1.29 is 4.79 Å². The number of thiazole rings is 1. The molecule has 0 fully saturated rings. The summed E-state index contributed by atoms with van der Waals surface area (Å²) in [7, 11) is 1.86. The SMILES string of the molecule is Cn1ccsc1=NNC=O. The number of rotatable bonds is 2. The minimum Gasteiger partial charge on any atom is -0.325 e. The first-order valence-electron chi connectivity index (χ1n) is 2.67. The van der Waals surface area contributed by atoms with E-state index in [0.717, 1.165) is 4.80 Å². The number of nitrogens with one attached hydrogen (secondary N) is 1. The lowest BCUT2D eigenvalue weighted by Crippen LogP contribution is -2.15. The molecule has 1 heterocycles. The number of hydrogen-bond donors (Lipinski definition) is 1. The largest absolute Gasteiger partial charge is 0.325 e. The van der Waals surface area contributed by atoms with Gasteiger partial charge in [-0.25, -0.2) is 5.43 Å². The Morgan fingerprint density at radius 2 is 2.70 bits per heavy atom. The molecule has 0 unspecified atom stereocenters. The molecular weight excluding hydrogens is 150 g/mol.